The highest BCUT2D eigenvalue weighted by molar-refractivity contribution is 6.29. The number of hydrogen-bond donors (Lipinski definition) is 1. The van der Waals surface area contributed by atoms with Crippen LogP contribution in [0.3, 0.4) is 0 Å². The quantitative estimate of drug-likeness (QED) is 0.829. The molecule has 1 N–H and O–H groups in total. The first-order chi connectivity index (χ1) is 7.70. The molecule has 1 aromatic rings. The average molecular weight is 267 g/mol. The third-order valence-electron chi connectivity index (χ3n) is 2.50. The van der Waals surface area contributed by atoms with E-state index < -0.39 is 11.7 Å². The molecule has 0 aliphatic carbocycles. The second kappa shape index (κ2) is 5.12. The van der Waals surface area contributed by atoms with Crippen LogP contribution in [0.1, 0.15) is 26.3 Å². The fourth-order valence-corrected chi connectivity index (χ4v) is 1.34. The Labute approximate surface area is 103 Å². The molecule has 0 saturated carbocycles. The topological polar surface area (TPSA) is 24.9 Å². The Morgan fingerprint density at radius 3 is 2.29 bits per heavy atom. The highest BCUT2D eigenvalue weighted by atomic mass is 35.5. The Balaban J connectivity index is 2.98. The van der Waals surface area contributed by atoms with Crippen LogP contribution in [-0.4, -0.2) is 11.0 Å². The Hall–Kier alpha value is -0.970. The lowest BCUT2D eigenvalue weighted by Crippen LogP contribution is -2.22. The summed E-state index contributed by atoms with van der Waals surface area (Å²) in [6, 6.07) is 1.79. The minimum Gasteiger partial charge on any atom is -0.367 e. The lowest BCUT2D eigenvalue weighted by molar-refractivity contribution is -0.137. The number of rotatable bonds is 3. The molecule has 2 nitrogen and oxygen atoms in total. The molecule has 0 aliphatic rings. The smallest absolute Gasteiger partial charge is 0.367 e. The van der Waals surface area contributed by atoms with Crippen molar-refractivity contribution < 1.29 is 13.2 Å². The first-order valence-corrected chi connectivity index (χ1v) is 5.59. The molecule has 1 heterocycles. The van der Waals surface area contributed by atoms with E-state index in [4.69, 9.17) is 11.6 Å². The number of anilines is 1. The molecule has 1 unspecified atom stereocenters. The normalized spacial score (nSPS) is 13.9. The highest BCUT2D eigenvalue weighted by Gasteiger charge is 2.31. The number of nitrogens with zero attached hydrogens (tertiary/aromatic N) is 1. The molecule has 96 valence electrons. The summed E-state index contributed by atoms with van der Waals surface area (Å²) in [4.78, 5) is 3.82. The molecule has 6 heteroatoms. The Morgan fingerprint density at radius 2 is 1.82 bits per heavy atom. The third kappa shape index (κ3) is 4.07. The molecular formula is C11H14ClF3N2. The summed E-state index contributed by atoms with van der Waals surface area (Å²) in [5.41, 5.74) is -0.795. The molecular weight excluding hydrogens is 253 g/mol. The summed E-state index contributed by atoms with van der Waals surface area (Å²) in [7, 11) is 0. The van der Waals surface area contributed by atoms with E-state index in [0.717, 1.165) is 12.1 Å². The fraction of sp³-hybridized carbons (Fsp3) is 0.545. The van der Waals surface area contributed by atoms with Gasteiger partial charge >= 0.3 is 6.18 Å². The van der Waals surface area contributed by atoms with E-state index in [0.29, 0.717) is 0 Å². The van der Waals surface area contributed by atoms with Gasteiger partial charge in [-0.3, -0.25) is 0 Å². The molecule has 0 bridgehead atoms. The zero-order valence-corrected chi connectivity index (χ0v) is 10.5. The lowest BCUT2D eigenvalue weighted by atomic mass is 10.1. The van der Waals surface area contributed by atoms with Crippen molar-refractivity contribution in [1.82, 2.24) is 4.98 Å². The maximum absolute atomic E-state index is 12.5. The number of alkyl halides is 3. The minimum atomic E-state index is -4.41. The summed E-state index contributed by atoms with van der Waals surface area (Å²) in [5, 5.41) is 2.73. The van der Waals surface area contributed by atoms with Crippen molar-refractivity contribution in [3.63, 3.8) is 0 Å². The van der Waals surface area contributed by atoms with Crippen molar-refractivity contribution in [3.05, 3.63) is 22.8 Å². The average Bonchev–Trinajstić information content (AvgIpc) is 2.15. The van der Waals surface area contributed by atoms with Gasteiger partial charge in [0.2, 0.25) is 0 Å². The van der Waals surface area contributed by atoms with Gasteiger partial charge in [-0.2, -0.15) is 13.2 Å². The van der Waals surface area contributed by atoms with Crippen LogP contribution in [0.4, 0.5) is 19.0 Å². The number of halogens is 4. The van der Waals surface area contributed by atoms with E-state index in [1.807, 2.05) is 20.8 Å². The van der Waals surface area contributed by atoms with Gasteiger partial charge in [0.05, 0.1) is 5.56 Å². The monoisotopic (exact) mass is 266 g/mol. The van der Waals surface area contributed by atoms with Crippen molar-refractivity contribution in [1.29, 1.82) is 0 Å². The van der Waals surface area contributed by atoms with Crippen LogP contribution < -0.4 is 5.32 Å². The van der Waals surface area contributed by atoms with Gasteiger partial charge in [-0.15, -0.1) is 0 Å². The zero-order chi connectivity index (χ0) is 13.2. The first kappa shape index (κ1) is 14.1. The maximum Gasteiger partial charge on any atom is 0.416 e. The molecule has 0 saturated heterocycles. The van der Waals surface area contributed by atoms with Gasteiger partial charge in [-0.25, -0.2) is 4.98 Å². The fourth-order valence-electron chi connectivity index (χ4n) is 1.13. The predicted octanol–water partition coefficient (Wildman–Crippen LogP) is 4.21. The van der Waals surface area contributed by atoms with Gasteiger partial charge in [-0.1, -0.05) is 25.4 Å². The van der Waals surface area contributed by atoms with E-state index in [2.05, 4.69) is 10.3 Å². The van der Waals surface area contributed by atoms with E-state index in [1.54, 1.807) is 0 Å². The van der Waals surface area contributed by atoms with Gasteiger partial charge in [0, 0.05) is 6.04 Å². The predicted molar refractivity (Wildman–Crippen MR) is 62.2 cm³/mol. The van der Waals surface area contributed by atoms with Crippen molar-refractivity contribution in [2.24, 2.45) is 5.92 Å². The molecule has 0 aromatic carbocycles. The van der Waals surface area contributed by atoms with Crippen LogP contribution in [0.5, 0.6) is 0 Å². The van der Waals surface area contributed by atoms with Crippen molar-refractivity contribution >= 4 is 17.4 Å². The maximum atomic E-state index is 12.5. The van der Waals surface area contributed by atoms with Gasteiger partial charge in [0.15, 0.2) is 0 Å². The summed E-state index contributed by atoms with van der Waals surface area (Å²) in [5.74, 6) is 0.427. The summed E-state index contributed by atoms with van der Waals surface area (Å²) >= 11 is 5.57. The van der Waals surface area contributed by atoms with Crippen LogP contribution in [-0.2, 0) is 6.18 Å². The molecule has 0 fully saturated rings. The molecule has 0 aliphatic heterocycles. The lowest BCUT2D eigenvalue weighted by Gasteiger charge is -2.19. The molecule has 1 aromatic heterocycles. The second-order valence-electron chi connectivity index (χ2n) is 4.24. The van der Waals surface area contributed by atoms with Crippen LogP contribution in [0.15, 0.2) is 12.1 Å². The van der Waals surface area contributed by atoms with Crippen LogP contribution in [0.25, 0.3) is 0 Å². The van der Waals surface area contributed by atoms with E-state index in [9.17, 15) is 13.2 Å². The second-order valence-corrected chi connectivity index (χ2v) is 4.63. The number of nitrogens with one attached hydrogen (secondary N) is 1. The van der Waals surface area contributed by atoms with Gasteiger partial charge < -0.3 is 5.32 Å². The number of hydrogen-bond acceptors (Lipinski definition) is 2. The highest BCUT2D eigenvalue weighted by Crippen LogP contribution is 2.32. The van der Waals surface area contributed by atoms with Crippen LogP contribution in [0, 0.1) is 5.92 Å². The van der Waals surface area contributed by atoms with Gasteiger partial charge in [0.25, 0.3) is 0 Å². The Bertz CT molecular complexity index is 391. The van der Waals surface area contributed by atoms with E-state index in [1.165, 1.54) is 0 Å². The number of aromatic nitrogens is 1. The van der Waals surface area contributed by atoms with Crippen LogP contribution >= 0.6 is 11.6 Å². The zero-order valence-electron chi connectivity index (χ0n) is 9.77. The molecule has 1 rings (SSSR count). The summed E-state index contributed by atoms with van der Waals surface area (Å²) in [6.07, 6.45) is -4.41. The molecule has 17 heavy (non-hydrogen) atoms. The minimum absolute atomic E-state index is 0.0158. The van der Waals surface area contributed by atoms with E-state index in [-0.39, 0.29) is 22.9 Å². The molecule has 0 spiro atoms. The summed E-state index contributed by atoms with van der Waals surface area (Å²) < 4.78 is 37.6. The molecule has 1 atom stereocenters. The Kier molecular flexibility index (Phi) is 4.25. The van der Waals surface area contributed by atoms with Crippen molar-refractivity contribution in [2.45, 2.75) is 33.0 Å². The van der Waals surface area contributed by atoms with Gasteiger partial charge in [0.1, 0.15) is 11.0 Å². The first-order valence-electron chi connectivity index (χ1n) is 5.21. The van der Waals surface area contributed by atoms with Crippen LogP contribution in [0.2, 0.25) is 5.15 Å². The Morgan fingerprint density at radius 1 is 1.24 bits per heavy atom. The third-order valence-corrected chi connectivity index (χ3v) is 2.69. The van der Waals surface area contributed by atoms with Crippen molar-refractivity contribution in [2.75, 3.05) is 5.32 Å². The van der Waals surface area contributed by atoms with E-state index >= 15 is 0 Å². The SMILES string of the molecule is CC(C)C(C)Nc1cc(C(F)(F)F)cc(Cl)n1. The van der Waals surface area contributed by atoms with Gasteiger partial charge in [-0.05, 0) is 25.0 Å². The number of pyridine rings is 1. The van der Waals surface area contributed by atoms with Crippen molar-refractivity contribution in [3.8, 4) is 0 Å². The molecule has 0 amide bonds. The largest absolute Gasteiger partial charge is 0.416 e. The standard InChI is InChI=1S/C11H14ClF3N2/c1-6(2)7(3)16-10-5-8(11(13,14)15)4-9(12)17-10/h4-7H,1-3H3,(H,16,17). The summed E-state index contributed by atoms with van der Waals surface area (Å²) in [6.45, 7) is 5.81. The molecule has 0 radical (unpaired) electrons.